The van der Waals surface area contributed by atoms with Crippen LogP contribution in [0.3, 0.4) is 0 Å². The minimum atomic E-state index is -3.66. The van der Waals surface area contributed by atoms with E-state index in [1.54, 1.807) is 31.2 Å². The Hall–Kier alpha value is -2.45. The number of rotatable bonds is 7. The van der Waals surface area contributed by atoms with Gasteiger partial charge in [0, 0.05) is 12.7 Å². The fourth-order valence-electron chi connectivity index (χ4n) is 2.01. The summed E-state index contributed by atoms with van der Waals surface area (Å²) in [6.07, 6.45) is 2.15. The third kappa shape index (κ3) is 5.04. The van der Waals surface area contributed by atoms with Crippen molar-refractivity contribution in [2.45, 2.75) is 18.2 Å². The van der Waals surface area contributed by atoms with E-state index in [0.717, 1.165) is 5.56 Å². The molecule has 0 atom stereocenters. The number of carbonyl (C=O) groups is 1. The van der Waals surface area contributed by atoms with E-state index in [1.165, 1.54) is 18.3 Å². The molecule has 128 valence electrons. The molecular formula is C16H19N3O4S. The van der Waals surface area contributed by atoms with E-state index in [4.69, 9.17) is 9.88 Å². The lowest BCUT2D eigenvalue weighted by molar-refractivity contribution is 0.0526. The van der Waals surface area contributed by atoms with Crippen LogP contribution in [-0.4, -0.2) is 32.5 Å². The average molecular weight is 349 g/mol. The predicted octanol–water partition coefficient (Wildman–Crippen LogP) is 1.56. The number of aromatic nitrogens is 1. The molecule has 0 aliphatic carbocycles. The Balaban J connectivity index is 1.87. The Kier molecular flexibility index (Phi) is 5.88. The number of benzene rings is 1. The number of anilines is 1. The number of ether oxygens (including phenoxy) is 1. The normalized spacial score (nSPS) is 11.1. The van der Waals surface area contributed by atoms with Gasteiger partial charge in [-0.3, -0.25) is 0 Å². The molecule has 0 unspecified atom stereocenters. The molecule has 0 spiro atoms. The zero-order valence-corrected chi connectivity index (χ0v) is 14.0. The van der Waals surface area contributed by atoms with Crippen molar-refractivity contribution in [2.24, 2.45) is 5.14 Å². The summed E-state index contributed by atoms with van der Waals surface area (Å²) in [4.78, 5) is 15.8. The molecule has 24 heavy (non-hydrogen) atoms. The Bertz CT molecular complexity index is 787. The smallest absolute Gasteiger partial charge is 0.339 e. The average Bonchev–Trinajstić information content (AvgIpc) is 2.55. The lowest BCUT2D eigenvalue weighted by atomic mass is 10.1. The number of pyridine rings is 1. The summed E-state index contributed by atoms with van der Waals surface area (Å²) in [6.45, 7) is 2.68. The van der Waals surface area contributed by atoms with Crippen LogP contribution < -0.4 is 10.5 Å². The van der Waals surface area contributed by atoms with Crippen molar-refractivity contribution in [3.63, 3.8) is 0 Å². The Morgan fingerprint density at radius 1 is 1.21 bits per heavy atom. The van der Waals surface area contributed by atoms with Gasteiger partial charge in [-0.15, -0.1) is 0 Å². The second-order valence-electron chi connectivity index (χ2n) is 5.02. The van der Waals surface area contributed by atoms with Gasteiger partial charge in [-0.2, -0.15) is 0 Å². The zero-order chi connectivity index (χ0) is 17.6. The molecule has 7 nitrogen and oxygen atoms in total. The second-order valence-corrected chi connectivity index (χ2v) is 6.58. The van der Waals surface area contributed by atoms with E-state index in [0.29, 0.717) is 31.0 Å². The minimum Gasteiger partial charge on any atom is -0.462 e. The monoisotopic (exact) mass is 349 g/mol. The van der Waals surface area contributed by atoms with Crippen molar-refractivity contribution < 1.29 is 17.9 Å². The van der Waals surface area contributed by atoms with Gasteiger partial charge in [0.25, 0.3) is 0 Å². The molecule has 0 amide bonds. The second kappa shape index (κ2) is 7.89. The first-order valence-electron chi connectivity index (χ1n) is 7.39. The first-order valence-corrected chi connectivity index (χ1v) is 8.93. The lowest BCUT2D eigenvalue weighted by Crippen LogP contribution is -2.12. The van der Waals surface area contributed by atoms with Gasteiger partial charge in [-0.25, -0.2) is 23.3 Å². The topological polar surface area (TPSA) is 111 Å². The molecule has 2 aromatic rings. The number of primary sulfonamides is 1. The van der Waals surface area contributed by atoms with Gasteiger partial charge in [0.1, 0.15) is 5.82 Å². The summed E-state index contributed by atoms with van der Waals surface area (Å²) in [5.74, 6) is 0.246. The van der Waals surface area contributed by atoms with Crippen molar-refractivity contribution >= 4 is 21.8 Å². The van der Waals surface area contributed by atoms with Gasteiger partial charge in [0.05, 0.1) is 17.1 Å². The van der Waals surface area contributed by atoms with Gasteiger partial charge in [0.2, 0.25) is 10.0 Å². The third-order valence-electron chi connectivity index (χ3n) is 3.25. The van der Waals surface area contributed by atoms with E-state index in [9.17, 15) is 13.2 Å². The van der Waals surface area contributed by atoms with Gasteiger partial charge in [-0.1, -0.05) is 12.1 Å². The third-order valence-corrected chi connectivity index (χ3v) is 4.18. The zero-order valence-electron chi connectivity index (χ0n) is 13.2. The standard InChI is InChI=1S/C16H19N3O4S/c1-2-23-16(20)13-5-8-15(19-11-13)18-10-9-12-3-6-14(7-4-12)24(17,21)22/h3-8,11H,2,9-10H2,1H3,(H,18,19)(H2,17,21,22). The van der Waals surface area contributed by atoms with E-state index < -0.39 is 16.0 Å². The molecule has 8 heteroatoms. The molecule has 0 bridgehead atoms. The SMILES string of the molecule is CCOC(=O)c1ccc(NCCc2ccc(S(N)(=O)=O)cc2)nc1. The number of carbonyl (C=O) groups excluding carboxylic acids is 1. The molecule has 1 aromatic carbocycles. The molecule has 3 N–H and O–H groups in total. The number of nitrogens with zero attached hydrogens (tertiary/aromatic N) is 1. The molecule has 0 radical (unpaired) electrons. The van der Waals surface area contributed by atoms with Crippen LogP contribution in [0.15, 0.2) is 47.5 Å². The van der Waals surface area contributed by atoms with Crippen LogP contribution in [0, 0.1) is 0 Å². The van der Waals surface area contributed by atoms with Gasteiger partial charge in [0.15, 0.2) is 0 Å². The Morgan fingerprint density at radius 3 is 2.46 bits per heavy atom. The first-order chi connectivity index (χ1) is 11.4. The van der Waals surface area contributed by atoms with Crippen LogP contribution in [-0.2, 0) is 21.2 Å². The molecule has 0 aliphatic rings. The number of hydrogen-bond acceptors (Lipinski definition) is 6. The minimum absolute atomic E-state index is 0.0930. The number of nitrogens with one attached hydrogen (secondary N) is 1. The fourth-order valence-corrected chi connectivity index (χ4v) is 2.53. The Labute approximate surface area is 140 Å². The molecule has 0 aliphatic heterocycles. The van der Waals surface area contributed by atoms with Gasteiger partial charge >= 0.3 is 5.97 Å². The Morgan fingerprint density at radius 2 is 1.92 bits per heavy atom. The van der Waals surface area contributed by atoms with E-state index in [-0.39, 0.29) is 4.90 Å². The molecule has 1 heterocycles. The van der Waals surface area contributed by atoms with Crippen molar-refractivity contribution in [1.29, 1.82) is 0 Å². The summed E-state index contributed by atoms with van der Waals surface area (Å²) in [6, 6.07) is 9.76. The maximum absolute atomic E-state index is 11.5. The predicted molar refractivity (Wildman–Crippen MR) is 90.2 cm³/mol. The van der Waals surface area contributed by atoms with Crippen LogP contribution in [0.2, 0.25) is 0 Å². The molecule has 0 fully saturated rings. The highest BCUT2D eigenvalue weighted by atomic mass is 32.2. The highest BCUT2D eigenvalue weighted by Gasteiger charge is 2.07. The maximum atomic E-state index is 11.5. The van der Waals surface area contributed by atoms with Crippen LogP contribution in [0.5, 0.6) is 0 Å². The molecule has 0 saturated heterocycles. The summed E-state index contributed by atoms with van der Waals surface area (Å²) < 4.78 is 27.3. The van der Waals surface area contributed by atoms with Crippen molar-refractivity contribution in [2.75, 3.05) is 18.5 Å². The van der Waals surface area contributed by atoms with Crippen molar-refractivity contribution in [3.8, 4) is 0 Å². The van der Waals surface area contributed by atoms with E-state index in [1.807, 2.05) is 0 Å². The summed E-state index contributed by atoms with van der Waals surface area (Å²) in [7, 11) is -3.66. The van der Waals surface area contributed by atoms with Crippen LogP contribution in [0.4, 0.5) is 5.82 Å². The molecule has 0 saturated carbocycles. The summed E-state index contributed by atoms with van der Waals surface area (Å²) in [5, 5.41) is 8.18. The number of esters is 1. The first kappa shape index (κ1) is 17.9. The van der Waals surface area contributed by atoms with E-state index >= 15 is 0 Å². The van der Waals surface area contributed by atoms with Gasteiger partial charge < -0.3 is 10.1 Å². The molecular weight excluding hydrogens is 330 g/mol. The summed E-state index contributed by atoms with van der Waals surface area (Å²) in [5.41, 5.74) is 1.37. The van der Waals surface area contributed by atoms with Crippen LogP contribution in [0.1, 0.15) is 22.8 Å². The number of nitrogens with two attached hydrogens (primary N) is 1. The number of sulfonamides is 1. The fraction of sp³-hybridized carbons (Fsp3) is 0.250. The highest BCUT2D eigenvalue weighted by molar-refractivity contribution is 7.89. The largest absolute Gasteiger partial charge is 0.462 e. The van der Waals surface area contributed by atoms with Gasteiger partial charge in [-0.05, 0) is 43.2 Å². The van der Waals surface area contributed by atoms with Crippen molar-refractivity contribution in [3.05, 3.63) is 53.7 Å². The van der Waals surface area contributed by atoms with E-state index in [2.05, 4.69) is 10.3 Å². The summed E-state index contributed by atoms with van der Waals surface area (Å²) >= 11 is 0. The molecule has 2 rings (SSSR count). The van der Waals surface area contributed by atoms with Crippen LogP contribution in [0.25, 0.3) is 0 Å². The highest BCUT2D eigenvalue weighted by Crippen LogP contribution is 2.10. The maximum Gasteiger partial charge on any atom is 0.339 e. The number of hydrogen-bond donors (Lipinski definition) is 2. The molecule has 1 aromatic heterocycles. The quantitative estimate of drug-likeness (QED) is 0.734. The van der Waals surface area contributed by atoms with Crippen molar-refractivity contribution in [1.82, 2.24) is 4.98 Å². The lowest BCUT2D eigenvalue weighted by Gasteiger charge is -2.07. The van der Waals surface area contributed by atoms with Crippen LogP contribution >= 0.6 is 0 Å².